The third-order valence-electron chi connectivity index (χ3n) is 1.87. The Morgan fingerprint density at radius 3 is 1.88 bits per heavy atom. The number of nitrogens with one attached hydrogen (secondary N) is 1. The molecule has 0 aromatic heterocycles. The second-order valence-corrected chi connectivity index (χ2v) is 4.41. The topological polar surface area (TPSA) is 99.6 Å². The van der Waals surface area contributed by atoms with Crippen LogP contribution in [0.1, 0.15) is 19.3 Å². The van der Waals surface area contributed by atoms with Gasteiger partial charge >= 0.3 is 8.25 Å². The van der Waals surface area contributed by atoms with E-state index < -0.39 is 8.25 Å². The summed E-state index contributed by atoms with van der Waals surface area (Å²) in [5.74, 6) is 0. The zero-order valence-electron chi connectivity index (χ0n) is 10.7. The first-order valence-electron chi connectivity index (χ1n) is 5.71. The van der Waals surface area contributed by atoms with Crippen LogP contribution in [0.5, 0.6) is 0 Å². The summed E-state index contributed by atoms with van der Waals surface area (Å²) in [6.07, 6.45) is 3.15. The van der Waals surface area contributed by atoms with Crippen LogP contribution in [0.3, 0.4) is 0 Å². The Hall–Kier alpha value is 1.03. The zero-order valence-corrected chi connectivity index (χ0v) is 13.7. The van der Waals surface area contributed by atoms with E-state index in [1.165, 1.54) is 0 Å². The summed E-state index contributed by atoms with van der Waals surface area (Å²) in [6.45, 7) is 4.32. The van der Waals surface area contributed by atoms with Crippen molar-refractivity contribution >= 4 is 37.8 Å². The van der Waals surface area contributed by atoms with Crippen LogP contribution in [0.25, 0.3) is 0 Å². The molecule has 1 saturated heterocycles. The first-order chi connectivity index (χ1) is 7.81. The van der Waals surface area contributed by atoms with Crippen LogP contribution >= 0.6 is 8.25 Å². The molecule has 0 spiro atoms. The molecular formula is C9H24N3NaO3P. The smallest absolute Gasteiger partial charge is 0.319 e. The van der Waals surface area contributed by atoms with Crippen molar-refractivity contribution in [2.24, 2.45) is 11.5 Å². The van der Waals surface area contributed by atoms with Gasteiger partial charge in [0.1, 0.15) is 0 Å². The fourth-order valence-corrected chi connectivity index (χ4v) is 1.77. The molecule has 1 fully saturated rings. The Kier molecular flexibility index (Phi) is 20.4. The van der Waals surface area contributed by atoms with Crippen molar-refractivity contribution < 1.29 is 13.6 Å². The minimum atomic E-state index is -2.10. The minimum absolute atomic E-state index is 0. The number of nitrogens with two attached hydrogens (primary N) is 2. The molecule has 8 heteroatoms. The Morgan fingerprint density at radius 1 is 1.00 bits per heavy atom. The van der Waals surface area contributed by atoms with E-state index in [4.69, 9.17) is 20.5 Å². The molecule has 0 unspecified atom stereocenters. The number of hydrogen-bond donors (Lipinski definition) is 3. The summed E-state index contributed by atoms with van der Waals surface area (Å²) in [6, 6.07) is 0. The molecule has 1 aliphatic rings. The van der Waals surface area contributed by atoms with E-state index in [0.29, 0.717) is 26.3 Å². The number of hydrogen-bond acceptors (Lipinski definition) is 6. The molecule has 1 heterocycles. The van der Waals surface area contributed by atoms with Gasteiger partial charge in [0.25, 0.3) is 0 Å². The molecule has 0 aromatic carbocycles. The van der Waals surface area contributed by atoms with Crippen LogP contribution in [-0.2, 0) is 13.6 Å². The van der Waals surface area contributed by atoms with Crippen molar-refractivity contribution in [2.75, 3.05) is 39.4 Å². The molecule has 0 amide bonds. The molecule has 0 saturated carbocycles. The zero-order chi connectivity index (χ0) is 12.1. The first kappa shape index (κ1) is 20.3. The minimum Gasteiger partial charge on any atom is -0.329 e. The van der Waals surface area contributed by atoms with E-state index in [9.17, 15) is 4.57 Å². The van der Waals surface area contributed by atoms with Gasteiger partial charge in [0, 0.05) is 55.7 Å². The van der Waals surface area contributed by atoms with Gasteiger partial charge in [-0.05, 0) is 19.3 Å². The third kappa shape index (κ3) is 17.0. The van der Waals surface area contributed by atoms with E-state index in [1.54, 1.807) is 0 Å². The Morgan fingerprint density at radius 2 is 1.47 bits per heavy atom. The molecule has 6 nitrogen and oxygen atoms in total. The summed E-state index contributed by atoms with van der Waals surface area (Å²) in [5, 5.41) is 3.03. The van der Waals surface area contributed by atoms with Gasteiger partial charge in [-0.2, -0.15) is 0 Å². The van der Waals surface area contributed by atoms with Crippen LogP contribution in [0.4, 0.5) is 0 Å². The van der Waals surface area contributed by atoms with Crippen LogP contribution in [0.2, 0.25) is 0 Å². The van der Waals surface area contributed by atoms with E-state index in [-0.39, 0.29) is 29.6 Å². The SMILES string of the molecule is NCCNCCN.O=[PH]1OCCCCCO1.[Na]. The largest absolute Gasteiger partial charge is 0.329 e. The molecule has 0 aliphatic carbocycles. The maximum atomic E-state index is 10.6. The Bertz CT molecular complexity index is 164. The van der Waals surface area contributed by atoms with Crippen LogP contribution in [-0.4, -0.2) is 69.0 Å². The maximum absolute atomic E-state index is 10.6. The van der Waals surface area contributed by atoms with Gasteiger partial charge in [0.2, 0.25) is 0 Å². The van der Waals surface area contributed by atoms with Crippen LogP contribution < -0.4 is 16.8 Å². The normalized spacial score (nSPS) is 17.1. The summed E-state index contributed by atoms with van der Waals surface area (Å²) in [4.78, 5) is 0. The standard InChI is InChI=1S/C5H11O3P.C4H13N3.Na/c6-9-7-4-2-1-3-5-8-9;5-1-3-7-4-2-6;/h9H,1-5H2;7H,1-6H2;. The van der Waals surface area contributed by atoms with E-state index >= 15 is 0 Å². The fraction of sp³-hybridized carbons (Fsp3) is 1.00. The van der Waals surface area contributed by atoms with Crippen molar-refractivity contribution in [3.05, 3.63) is 0 Å². The monoisotopic (exact) mass is 276 g/mol. The fourth-order valence-electron chi connectivity index (χ4n) is 1.06. The molecule has 0 atom stereocenters. The van der Waals surface area contributed by atoms with Crippen LogP contribution in [0, 0.1) is 0 Å². The molecule has 1 radical (unpaired) electrons. The molecule has 5 N–H and O–H groups in total. The molecule has 1 rings (SSSR count). The summed E-state index contributed by atoms with van der Waals surface area (Å²) in [7, 11) is -2.10. The van der Waals surface area contributed by atoms with Gasteiger partial charge in [0.15, 0.2) is 0 Å². The van der Waals surface area contributed by atoms with Crippen molar-refractivity contribution in [2.45, 2.75) is 19.3 Å². The predicted octanol–water partition coefficient (Wildman–Crippen LogP) is -0.294. The second kappa shape index (κ2) is 17.0. The third-order valence-corrected chi connectivity index (χ3v) is 2.75. The molecule has 0 aromatic rings. The van der Waals surface area contributed by atoms with Gasteiger partial charge in [0.05, 0.1) is 13.2 Å². The quantitative estimate of drug-likeness (QED) is 0.370. The summed E-state index contributed by atoms with van der Waals surface area (Å²) >= 11 is 0. The van der Waals surface area contributed by atoms with E-state index in [0.717, 1.165) is 32.4 Å². The second-order valence-electron chi connectivity index (χ2n) is 3.33. The summed E-state index contributed by atoms with van der Waals surface area (Å²) < 4.78 is 20.2. The molecule has 17 heavy (non-hydrogen) atoms. The molecular weight excluding hydrogens is 252 g/mol. The van der Waals surface area contributed by atoms with Crippen molar-refractivity contribution in [1.82, 2.24) is 5.32 Å². The maximum Gasteiger partial charge on any atom is 0.319 e. The van der Waals surface area contributed by atoms with Crippen LogP contribution in [0.15, 0.2) is 0 Å². The van der Waals surface area contributed by atoms with E-state index in [2.05, 4.69) is 5.32 Å². The van der Waals surface area contributed by atoms with Crippen molar-refractivity contribution in [1.29, 1.82) is 0 Å². The van der Waals surface area contributed by atoms with Gasteiger partial charge in [-0.25, -0.2) is 0 Å². The Balaban J connectivity index is 0. The van der Waals surface area contributed by atoms with Crippen molar-refractivity contribution in [3.63, 3.8) is 0 Å². The van der Waals surface area contributed by atoms with Gasteiger partial charge < -0.3 is 25.8 Å². The Labute approximate surface area is 126 Å². The van der Waals surface area contributed by atoms with E-state index in [1.807, 2.05) is 0 Å². The predicted molar refractivity (Wildman–Crippen MR) is 71.5 cm³/mol. The molecule has 0 bridgehead atoms. The first-order valence-corrected chi connectivity index (χ1v) is 6.94. The van der Waals surface area contributed by atoms with Gasteiger partial charge in [-0.15, -0.1) is 0 Å². The number of rotatable bonds is 4. The van der Waals surface area contributed by atoms with Gasteiger partial charge in [-0.1, -0.05) is 0 Å². The average molecular weight is 276 g/mol. The average Bonchev–Trinajstić information content (AvgIpc) is 2.25. The van der Waals surface area contributed by atoms with Gasteiger partial charge in [-0.3, -0.25) is 4.57 Å². The molecule has 99 valence electrons. The summed E-state index contributed by atoms with van der Waals surface area (Å²) in [5.41, 5.74) is 10.3. The van der Waals surface area contributed by atoms with Crippen molar-refractivity contribution in [3.8, 4) is 0 Å². The molecule has 1 aliphatic heterocycles.